The molecule has 3 aromatic heterocycles. The zero-order valence-corrected chi connectivity index (χ0v) is 12.0. The van der Waals surface area contributed by atoms with Crippen LogP contribution in [0.1, 0.15) is 11.4 Å². The van der Waals surface area contributed by atoms with Gasteiger partial charge in [-0.25, -0.2) is 4.98 Å². The first kappa shape index (κ1) is 13.5. The summed E-state index contributed by atoms with van der Waals surface area (Å²) in [5, 5.41) is 10.6. The number of aryl methyl sites for hydroxylation is 1. The van der Waals surface area contributed by atoms with Crippen molar-refractivity contribution in [1.82, 2.24) is 30.0 Å². The molecule has 0 bridgehead atoms. The fraction of sp³-hybridized carbons (Fsp3) is 0.267. The Morgan fingerprint density at radius 1 is 1.29 bits per heavy atom. The molecule has 0 unspecified atom stereocenters. The Bertz CT molecular complexity index is 685. The molecule has 0 aromatic carbocycles. The molecule has 0 atom stereocenters. The Kier molecular flexibility index (Phi) is 4.07. The minimum atomic E-state index is 0.769. The van der Waals surface area contributed by atoms with Crippen LogP contribution in [0.4, 0.5) is 0 Å². The molecule has 21 heavy (non-hydrogen) atoms. The van der Waals surface area contributed by atoms with Gasteiger partial charge in [0.25, 0.3) is 0 Å². The summed E-state index contributed by atoms with van der Waals surface area (Å²) in [7, 11) is 2.01. The Balaban J connectivity index is 1.57. The fourth-order valence-electron chi connectivity index (χ4n) is 2.27. The van der Waals surface area contributed by atoms with Crippen LogP contribution in [0.15, 0.2) is 43.1 Å². The molecule has 2 N–H and O–H groups in total. The SMILES string of the molecule is Cn1ccnc1CCNCc1cn[nH]c1-c1cccnc1. The predicted molar refractivity (Wildman–Crippen MR) is 80.4 cm³/mol. The van der Waals surface area contributed by atoms with Gasteiger partial charge in [0, 0.05) is 62.5 Å². The van der Waals surface area contributed by atoms with E-state index in [2.05, 4.69) is 25.5 Å². The third-order valence-corrected chi connectivity index (χ3v) is 3.43. The van der Waals surface area contributed by atoms with Gasteiger partial charge in [0.1, 0.15) is 5.82 Å². The average molecular weight is 282 g/mol. The van der Waals surface area contributed by atoms with Gasteiger partial charge >= 0.3 is 0 Å². The lowest BCUT2D eigenvalue weighted by atomic mass is 10.1. The van der Waals surface area contributed by atoms with E-state index in [0.29, 0.717) is 0 Å². The minimum Gasteiger partial charge on any atom is -0.338 e. The Morgan fingerprint density at radius 3 is 3.00 bits per heavy atom. The van der Waals surface area contributed by atoms with E-state index in [-0.39, 0.29) is 0 Å². The van der Waals surface area contributed by atoms with Crippen LogP contribution < -0.4 is 5.32 Å². The van der Waals surface area contributed by atoms with Crippen molar-refractivity contribution >= 4 is 0 Å². The van der Waals surface area contributed by atoms with Crippen molar-refractivity contribution in [1.29, 1.82) is 0 Å². The molecule has 0 aliphatic carbocycles. The molecule has 6 heteroatoms. The summed E-state index contributed by atoms with van der Waals surface area (Å²) in [6.07, 6.45) is 10.2. The molecule has 0 aliphatic rings. The summed E-state index contributed by atoms with van der Waals surface area (Å²) in [5.41, 5.74) is 3.21. The normalized spacial score (nSPS) is 10.9. The van der Waals surface area contributed by atoms with Crippen LogP contribution in [0.5, 0.6) is 0 Å². The molecular weight excluding hydrogens is 264 g/mol. The van der Waals surface area contributed by atoms with E-state index >= 15 is 0 Å². The highest BCUT2D eigenvalue weighted by Crippen LogP contribution is 2.19. The number of imidazole rings is 1. The van der Waals surface area contributed by atoms with Gasteiger partial charge in [-0.05, 0) is 12.1 Å². The molecule has 3 rings (SSSR count). The van der Waals surface area contributed by atoms with Gasteiger partial charge in [0.15, 0.2) is 0 Å². The first-order valence-electron chi connectivity index (χ1n) is 6.94. The number of aromatic amines is 1. The quantitative estimate of drug-likeness (QED) is 0.673. The second-order valence-corrected chi connectivity index (χ2v) is 4.89. The molecule has 0 radical (unpaired) electrons. The second-order valence-electron chi connectivity index (χ2n) is 4.89. The number of H-pyrrole nitrogens is 1. The summed E-state index contributed by atoms with van der Waals surface area (Å²) in [4.78, 5) is 8.45. The standard InChI is InChI=1S/C15H18N6/c1-21-8-7-18-14(21)4-6-17-10-13-11-19-20-15(13)12-3-2-5-16-9-12/h2-3,5,7-9,11,17H,4,6,10H2,1H3,(H,19,20). The van der Waals surface area contributed by atoms with Gasteiger partial charge in [-0.1, -0.05) is 0 Å². The minimum absolute atomic E-state index is 0.769. The van der Waals surface area contributed by atoms with Gasteiger partial charge in [-0.15, -0.1) is 0 Å². The molecule has 3 aromatic rings. The van der Waals surface area contributed by atoms with Crippen molar-refractivity contribution in [2.45, 2.75) is 13.0 Å². The summed E-state index contributed by atoms with van der Waals surface area (Å²) in [6, 6.07) is 3.95. The van der Waals surface area contributed by atoms with Crippen LogP contribution in [-0.2, 0) is 20.0 Å². The van der Waals surface area contributed by atoms with Crippen molar-refractivity contribution < 1.29 is 0 Å². The van der Waals surface area contributed by atoms with E-state index in [1.165, 1.54) is 0 Å². The van der Waals surface area contributed by atoms with Crippen molar-refractivity contribution in [3.8, 4) is 11.3 Å². The van der Waals surface area contributed by atoms with E-state index < -0.39 is 0 Å². The first-order chi connectivity index (χ1) is 10.3. The van der Waals surface area contributed by atoms with E-state index in [1.54, 1.807) is 6.20 Å². The molecule has 3 heterocycles. The van der Waals surface area contributed by atoms with E-state index in [0.717, 1.165) is 42.2 Å². The zero-order valence-electron chi connectivity index (χ0n) is 12.0. The molecule has 0 aliphatic heterocycles. The molecule has 0 spiro atoms. The monoisotopic (exact) mass is 282 g/mol. The number of pyridine rings is 1. The lowest BCUT2D eigenvalue weighted by Crippen LogP contribution is -2.18. The number of hydrogen-bond donors (Lipinski definition) is 2. The topological polar surface area (TPSA) is 71.4 Å². The smallest absolute Gasteiger partial charge is 0.109 e. The highest BCUT2D eigenvalue weighted by Gasteiger charge is 2.07. The van der Waals surface area contributed by atoms with Crippen molar-refractivity contribution in [2.75, 3.05) is 6.54 Å². The Labute approximate surface area is 123 Å². The van der Waals surface area contributed by atoms with Crippen LogP contribution in [-0.4, -0.2) is 31.3 Å². The number of hydrogen-bond acceptors (Lipinski definition) is 4. The number of rotatable bonds is 6. The zero-order chi connectivity index (χ0) is 14.5. The van der Waals surface area contributed by atoms with Crippen LogP contribution in [0.2, 0.25) is 0 Å². The van der Waals surface area contributed by atoms with E-state index in [1.807, 2.05) is 48.5 Å². The maximum atomic E-state index is 4.31. The molecule has 0 saturated carbocycles. The highest BCUT2D eigenvalue weighted by molar-refractivity contribution is 5.61. The van der Waals surface area contributed by atoms with Gasteiger partial charge in [-0.2, -0.15) is 5.10 Å². The lowest BCUT2D eigenvalue weighted by molar-refractivity contribution is 0.655. The van der Waals surface area contributed by atoms with Crippen LogP contribution in [0.3, 0.4) is 0 Å². The third kappa shape index (κ3) is 3.17. The molecule has 0 saturated heterocycles. The van der Waals surface area contributed by atoms with Crippen LogP contribution in [0.25, 0.3) is 11.3 Å². The number of aromatic nitrogens is 5. The van der Waals surface area contributed by atoms with Crippen LogP contribution >= 0.6 is 0 Å². The summed E-state index contributed by atoms with van der Waals surface area (Å²) in [6.45, 7) is 1.65. The lowest BCUT2D eigenvalue weighted by Gasteiger charge is -2.06. The Morgan fingerprint density at radius 2 is 2.24 bits per heavy atom. The first-order valence-corrected chi connectivity index (χ1v) is 6.94. The van der Waals surface area contributed by atoms with Gasteiger partial charge in [-0.3, -0.25) is 10.1 Å². The molecular formula is C15H18N6. The largest absolute Gasteiger partial charge is 0.338 e. The van der Waals surface area contributed by atoms with Crippen molar-refractivity contribution in [3.05, 3.63) is 54.5 Å². The summed E-state index contributed by atoms with van der Waals surface area (Å²) < 4.78 is 2.04. The highest BCUT2D eigenvalue weighted by atomic mass is 15.1. The van der Waals surface area contributed by atoms with Crippen molar-refractivity contribution in [2.24, 2.45) is 7.05 Å². The van der Waals surface area contributed by atoms with E-state index in [4.69, 9.17) is 0 Å². The average Bonchev–Trinajstić information content (AvgIpc) is 3.14. The van der Waals surface area contributed by atoms with E-state index in [9.17, 15) is 0 Å². The van der Waals surface area contributed by atoms with Crippen LogP contribution in [0, 0.1) is 0 Å². The molecule has 0 fully saturated rings. The third-order valence-electron chi connectivity index (χ3n) is 3.43. The van der Waals surface area contributed by atoms with Crippen molar-refractivity contribution in [3.63, 3.8) is 0 Å². The molecule has 6 nitrogen and oxygen atoms in total. The number of nitrogens with zero attached hydrogens (tertiary/aromatic N) is 4. The molecule has 108 valence electrons. The fourth-order valence-corrected chi connectivity index (χ4v) is 2.27. The van der Waals surface area contributed by atoms with Gasteiger partial charge < -0.3 is 9.88 Å². The predicted octanol–water partition coefficient (Wildman–Crippen LogP) is 1.54. The maximum absolute atomic E-state index is 4.31. The van der Waals surface area contributed by atoms with Gasteiger partial charge in [0.2, 0.25) is 0 Å². The Hall–Kier alpha value is -2.47. The maximum Gasteiger partial charge on any atom is 0.109 e. The second kappa shape index (κ2) is 6.32. The summed E-state index contributed by atoms with van der Waals surface area (Å²) >= 11 is 0. The molecule has 0 amide bonds. The number of nitrogens with one attached hydrogen (secondary N) is 2. The van der Waals surface area contributed by atoms with Gasteiger partial charge in [0.05, 0.1) is 11.9 Å². The summed E-state index contributed by atoms with van der Waals surface area (Å²) in [5.74, 6) is 1.09.